The third-order valence-electron chi connectivity index (χ3n) is 1.90. The monoisotopic (exact) mass is 174 g/mol. The van der Waals surface area contributed by atoms with Gasteiger partial charge in [-0.2, -0.15) is 5.10 Å². The van der Waals surface area contributed by atoms with Gasteiger partial charge in [0.05, 0.1) is 11.4 Å². The summed E-state index contributed by atoms with van der Waals surface area (Å²) in [6.07, 6.45) is 3.45. The van der Waals surface area contributed by atoms with Crippen molar-refractivity contribution in [3.8, 4) is 11.4 Å². The van der Waals surface area contributed by atoms with Crippen LogP contribution in [-0.2, 0) is 7.05 Å². The van der Waals surface area contributed by atoms with E-state index in [0.717, 1.165) is 11.4 Å². The Balaban J connectivity index is 2.59. The Morgan fingerprint density at radius 1 is 1.31 bits per heavy atom. The molecule has 0 bridgehead atoms. The molecule has 0 radical (unpaired) electrons. The van der Waals surface area contributed by atoms with Crippen molar-refractivity contribution in [1.29, 1.82) is 0 Å². The number of aryl methyl sites for hydroxylation is 1. The highest BCUT2D eigenvalue weighted by Gasteiger charge is 2.06. The van der Waals surface area contributed by atoms with Gasteiger partial charge in [-0.05, 0) is 18.2 Å². The number of nitrogen functional groups attached to an aromatic ring is 1. The largest absolute Gasteiger partial charge is 0.397 e. The van der Waals surface area contributed by atoms with Crippen molar-refractivity contribution in [2.75, 3.05) is 5.73 Å². The first-order valence-electron chi connectivity index (χ1n) is 3.98. The van der Waals surface area contributed by atoms with Crippen molar-refractivity contribution in [2.45, 2.75) is 0 Å². The summed E-state index contributed by atoms with van der Waals surface area (Å²) in [6.45, 7) is 0. The van der Waals surface area contributed by atoms with Gasteiger partial charge in [0.25, 0.3) is 0 Å². The molecule has 2 aromatic rings. The fraction of sp³-hybridized carbons (Fsp3) is 0.111. The Bertz CT molecular complexity index is 419. The van der Waals surface area contributed by atoms with E-state index in [-0.39, 0.29) is 0 Å². The van der Waals surface area contributed by atoms with Crippen molar-refractivity contribution in [2.24, 2.45) is 7.05 Å². The van der Waals surface area contributed by atoms with Crippen molar-refractivity contribution in [1.82, 2.24) is 14.8 Å². The lowest BCUT2D eigenvalue weighted by Crippen LogP contribution is -1.98. The maximum Gasteiger partial charge on any atom is 0.111 e. The molecule has 2 N–H and O–H groups in total. The molecular weight excluding hydrogens is 164 g/mol. The molecule has 0 amide bonds. The number of hydrogen-bond acceptors (Lipinski definition) is 3. The predicted octanol–water partition coefficient (Wildman–Crippen LogP) is 1.06. The lowest BCUT2D eigenvalue weighted by molar-refractivity contribution is 0.773. The molecule has 0 saturated carbocycles. The third kappa shape index (κ3) is 1.26. The van der Waals surface area contributed by atoms with Crippen LogP contribution in [0.2, 0.25) is 0 Å². The molecular formula is C9H10N4. The molecule has 0 atom stereocenters. The van der Waals surface area contributed by atoms with Crippen molar-refractivity contribution < 1.29 is 0 Å². The van der Waals surface area contributed by atoms with E-state index in [2.05, 4.69) is 10.1 Å². The summed E-state index contributed by atoms with van der Waals surface area (Å²) in [4.78, 5) is 4.20. The quantitative estimate of drug-likeness (QED) is 0.703. The van der Waals surface area contributed by atoms with Gasteiger partial charge in [0, 0.05) is 19.4 Å². The summed E-state index contributed by atoms with van der Waals surface area (Å²) in [5.74, 6) is 0. The van der Waals surface area contributed by atoms with Crippen LogP contribution in [0.1, 0.15) is 0 Å². The fourth-order valence-corrected chi connectivity index (χ4v) is 1.24. The molecule has 13 heavy (non-hydrogen) atoms. The van der Waals surface area contributed by atoms with E-state index in [1.807, 2.05) is 25.2 Å². The average Bonchev–Trinajstić information content (AvgIpc) is 2.52. The Morgan fingerprint density at radius 3 is 2.77 bits per heavy atom. The summed E-state index contributed by atoms with van der Waals surface area (Å²) in [6, 6.07) is 5.53. The number of rotatable bonds is 1. The summed E-state index contributed by atoms with van der Waals surface area (Å²) >= 11 is 0. The predicted molar refractivity (Wildman–Crippen MR) is 50.9 cm³/mol. The van der Waals surface area contributed by atoms with Gasteiger partial charge in [0.1, 0.15) is 5.69 Å². The van der Waals surface area contributed by atoms with E-state index in [4.69, 9.17) is 5.73 Å². The number of pyridine rings is 1. The SMILES string of the molecule is Cn1nccc1-c1ncccc1N. The van der Waals surface area contributed by atoms with Crippen LogP contribution < -0.4 is 5.73 Å². The van der Waals surface area contributed by atoms with Crippen LogP contribution in [0, 0.1) is 0 Å². The molecule has 0 unspecified atom stereocenters. The van der Waals surface area contributed by atoms with E-state index in [0.29, 0.717) is 5.69 Å². The Kier molecular flexibility index (Phi) is 1.73. The van der Waals surface area contributed by atoms with E-state index in [9.17, 15) is 0 Å². The molecule has 0 spiro atoms. The zero-order valence-corrected chi connectivity index (χ0v) is 7.31. The van der Waals surface area contributed by atoms with Gasteiger partial charge in [-0.3, -0.25) is 9.67 Å². The maximum atomic E-state index is 5.78. The summed E-state index contributed by atoms with van der Waals surface area (Å²) in [7, 11) is 1.86. The fourth-order valence-electron chi connectivity index (χ4n) is 1.24. The van der Waals surface area contributed by atoms with Gasteiger partial charge < -0.3 is 5.73 Å². The number of aromatic nitrogens is 3. The average molecular weight is 174 g/mol. The van der Waals surface area contributed by atoms with Crippen LogP contribution in [-0.4, -0.2) is 14.8 Å². The van der Waals surface area contributed by atoms with Gasteiger partial charge in [0.15, 0.2) is 0 Å². The van der Waals surface area contributed by atoms with Crippen LogP contribution in [0.3, 0.4) is 0 Å². The number of nitrogens with two attached hydrogens (primary N) is 1. The van der Waals surface area contributed by atoms with Gasteiger partial charge >= 0.3 is 0 Å². The summed E-state index contributed by atoms with van der Waals surface area (Å²) < 4.78 is 1.75. The van der Waals surface area contributed by atoms with Crippen LogP contribution in [0.4, 0.5) is 5.69 Å². The van der Waals surface area contributed by atoms with Gasteiger partial charge in [-0.25, -0.2) is 0 Å². The minimum Gasteiger partial charge on any atom is -0.397 e. The summed E-state index contributed by atoms with van der Waals surface area (Å²) in [5.41, 5.74) is 8.16. The molecule has 0 saturated heterocycles. The van der Waals surface area contributed by atoms with Crippen molar-refractivity contribution in [3.05, 3.63) is 30.6 Å². The smallest absolute Gasteiger partial charge is 0.111 e. The second-order valence-electron chi connectivity index (χ2n) is 2.78. The molecule has 2 heterocycles. The first-order chi connectivity index (χ1) is 6.29. The molecule has 66 valence electrons. The minimum absolute atomic E-state index is 0.672. The second kappa shape index (κ2) is 2.90. The molecule has 2 aromatic heterocycles. The van der Waals surface area contributed by atoms with E-state index in [1.165, 1.54) is 0 Å². The second-order valence-corrected chi connectivity index (χ2v) is 2.78. The number of hydrogen-bond donors (Lipinski definition) is 1. The molecule has 4 nitrogen and oxygen atoms in total. The van der Waals surface area contributed by atoms with Crippen LogP contribution in [0.5, 0.6) is 0 Å². The molecule has 0 aliphatic heterocycles. The lowest BCUT2D eigenvalue weighted by Gasteiger charge is -2.03. The van der Waals surface area contributed by atoms with Crippen molar-refractivity contribution in [3.63, 3.8) is 0 Å². The minimum atomic E-state index is 0.672. The molecule has 0 aliphatic rings. The molecule has 4 heteroatoms. The Morgan fingerprint density at radius 2 is 2.15 bits per heavy atom. The first-order valence-corrected chi connectivity index (χ1v) is 3.98. The van der Waals surface area contributed by atoms with Gasteiger partial charge in [-0.1, -0.05) is 0 Å². The maximum absolute atomic E-state index is 5.78. The standard InChI is InChI=1S/C9H10N4/c1-13-8(4-6-12-13)9-7(10)3-2-5-11-9/h2-6H,10H2,1H3. The molecule has 0 aliphatic carbocycles. The zero-order chi connectivity index (χ0) is 9.26. The highest BCUT2D eigenvalue weighted by Crippen LogP contribution is 2.21. The van der Waals surface area contributed by atoms with E-state index in [1.54, 1.807) is 17.1 Å². The van der Waals surface area contributed by atoms with Gasteiger partial charge in [0.2, 0.25) is 0 Å². The van der Waals surface area contributed by atoms with Crippen molar-refractivity contribution >= 4 is 5.69 Å². The van der Waals surface area contributed by atoms with Crippen LogP contribution >= 0.6 is 0 Å². The number of anilines is 1. The highest BCUT2D eigenvalue weighted by molar-refractivity contribution is 5.69. The Hall–Kier alpha value is -1.84. The Labute approximate surface area is 76.0 Å². The topological polar surface area (TPSA) is 56.7 Å². The van der Waals surface area contributed by atoms with E-state index >= 15 is 0 Å². The van der Waals surface area contributed by atoms with E-state index < -0.39 is 0 Å². The normalized spacial score (nSPS) is 10.2. The third-order valence-corrected chi connectivity index (χ3v) is 1.90. The zero-order valence-electron chi connectivity index (χ0n) is 7.31. The number of nitrogens with zero attached hydrogens (tertiary/aromatic N) is 3. The molecule has 0 aromatic carbocycles. The van der Waals surface area contributed by atoms with Crippen LogP contribution in [0.15, 0.2) is 30.6 Å². The van der Waals surface area contributed by atoms with Crippen LogP contribution in [0.25, 0.3) is 11.4 Å². The van der Waals surface area contributed by atoms with Gasteiger partial charge in [-0.15, -0.1) is 0 Å². The summed E-state index contributed by atoms with van der Waals surface area (Å²) in [5, 5.41) is 4.06. The highest BCUT2D eigenvalue weighted by atomic mass is 15.3. The molecule has 0 fully saturated rings. The lowest BCUT2D eigenvalue weighted by atomic mass is 10.2. The molecule has 2 rings (SSSR count). The first kappa shape index (κ1) is 7.79.